The Balaban J connectivity index is 0. The predicted molar refractivity (Wildman–Crippen MR) is 10.4 cm³/mol. The molecule has 5 heavy (non-hydrogen) atoms. The summed E-state index contributed by atoms with van der Waals surface area (Å²) in [5.74, 6) is 0. The van der Waals surface area contributed by atoms with E-state index in [9.17, 15) is 0 Å². The van der Waals surface area contributed by atoms with Gasteiger partial charge in [-0.15, -0.1) is 0 Å². The Morgan fingerprint density at radius 1 is 1.00 bits per heavy atom. The van der Waals surface area contributed by atoms with Crippen LogP contribution in [0.1, 0.15) is 0 Å². The molecular formula is H2CoMnNiSZn. The average molecular weight is 272 g/mol. The molecule has 0 rings (SSSR count). The molecule has 0 fully saturated rings. The molecule has 0 amide bonds. The largest absolute Gasteiger partial charge is 0.197 e. The van der Waals surface area contributed by atoms with Gasteiger partial charge in [-0.3, -0.25) is 0 Å². The topological polar surface area (TPSA) is 0 Å². The Labute approximate surface area is 82.4 Å². The average Bonchev–Trinajstić information content (AvgIpc) is 0. The third-order valence-electron chi connectivity index (χ3n) is 0. The van der Waals surface area contributed by atoms with Crippen LogP contribution in [0.3, 0.4) is 0 Å². The van der Waals surface area contributed by atoms with Crippen LogP contribution in [-0.4, -0.2) is 0 Å². The molecule has 0 aromatic rings. The summed E-state index contributed by atoms with van der Waals surface area (Å²) in [4.78, 5) is 0. The van der Waals surface area contributed by atoms with E-state index < -0.39 is 0 Å². The zero-order valence-electron chi connectivity index (χ0n) is 2.23. The number of hydrogen-bond acceptors (Lipinski definition) is 0. The summed E-state index contributed by atoms with van der Waals surface area (Å²) >= 11 is 0. The quantitative estimate of drug-likeness (QED) is 0.549. The van der Waals surface area contributed by atoms with E-state index in [1.54, 1.807) is 0 Å². The molecule has 0 unspecified atom stereocenters. The molecule has 0 aromatic heterocycles. The van der Waals surface area contributed by atoms with Crippen LogP contribution in [0.25, 0.3) is 0 Å². The fourth-order valence-corrected chi connectivity index (χ4v) is 0. The van der Waals surface area contributed by atoms with Crippen LogP contribution >= 0.6 is 13.5 Å². The minimum absolute atomic E-state index is 0. The first-order valence-electron chi connectivity index (χ1n) is 0. The predicted octanol–water partition coefficient (Wildman–Crippen LogP) is 0.103. The van der Waals surface area contributed by atoms with Gasteiger partial charge in [0.2, 0.25) is 0 Å². The Kier molecular flexibility index (Phi) is 320. The molecule has 0 heterocycles. The summed E-state index contributed by atoms with van der Waals surface area (Å²) < 4.78 is 0. The molecule has 0 aliphatic heterocycles. The second-order valence-electron chi connectivity index (χ2n) is 0. The molecule has 2 radical (unpaired) electrons. The van der Waals surface area contributed by atoms with Crippen molar-refractivity contribution in [2.75, 3.05) is 0 Å². The van der Waals surface area contributed by atoms with Crippen molar-refractivity contribution in [2.45, 2.75) is 0 Å². The van der Waals surface area contributed by atoms with Gasteiger partial charge in [-0.2, -0.15) is 13.5 Å². The molecule has 0 nitrogen and oxygen atoms in total. The van der Waals surface area contributed by atoms with E-state index in [4.69, 9.17) is 0 Å². The van der Waals surface area contributed by atoms with Crippen molar-refractivity contribution in [1.82, 2.24) is 0 Å². The van der Waals surface area contributed by atoms with Crippen LogP contribution in [0, 0.1) is 0 Å². The van der Waals surface area contributed by atoms with E-state index in [0.29, 0.717) is 0 Å². The summed E-state index contributed by atoms with van der Waals surface area (Å²) in [5, 5.41) is 0. The van der Waals surface area contributed by atoms with Crippen molar-refractivity contribution >= 4 is 13.5 Å². The second kappa shape index (κ2) is 31.5. The molecule has 0 spiro atoms. The first kappa shape index (κ1) is 50.8. The third kappa shape index (κ3) is 21.1. The summed E-state index contributed by atoms with van der Waals surface area (Å²) in [7, 11) is 0. The van der Waals surface area contributed by atoms with E-state index in [2.05, 4.69) is 0 Å². The van der Waals surface area contributed by atoms with Gasteiger partial charge in [0, 0.05) is 69.8 Å². The normalized spacial score (nSPS) is 0. The van der Waals surface area contributed by atoms with Gasteiger partial charge in [-0.1, -0.05) is 0 Å². The molecule has 0 N–H and O–H groups in total. The van der Waals surface area contributed by atoms with Gasteiger partial charge in [0.15, 0.2) is 0 Å². The van der Waals surface area contributed by atoms with Gasteiger partial charge in [-0.05, 0) is 0 Å². The minimum atomic E-state index is 0. The zero-order valence-corrected chi connectivity index (χ0v) is 9.41. The Hall–Kier alpha value is 2.49. The van der Waals surface area contributed by atoms with Gasteiger partial charge in [0.05, 0.1) is 0 Å². The van der Waals surface area contributed by atoms with Crippen LogP contribution in [0.2, 0.25) is 0 Å². The maximum atomic E-state index is 0. The Morgan fingerprint density at radius 3 is 1.00 bits per heavy atom. The fraction of sp³-hybridized carbons (Fsp3) is 0. The van der Waals surface area contributed by atoms with Crippen molar-refractivity contribution in [3.8, 4) is 0 Å². The first-order chi connectivity index (χ1) is 0. The van der Waals surface area contributed by atoms with Gasteiger partial charge < -0.3 is 0 Å². The van der Waals surface area contributed by atoms with E-state index >= 15 is 0 Å². The number of rotatable bonds is 0. The third-order valence-corrected chi connectivity index (χ3v) is 0. The van der Waals surface area contributed by atoms with Crippen LogP contribution < -0.4 is 0 Å². The Bertz CT molecular complexity index is 11.6. The van der Waals surface area contributed by atoms with Crippen molar-refractivity contribution < 1.29 is 69.8 Å². The van der Waals surface area contributed by atoms with Crippen LogP contribution in [0.5, 0.6) is 0 Å². The summed E-state index contributed by atoms with van der Waals surface area (Å²) in [6.45, 7) is 0. The van der Waals surface area contributed by atoms with E-state index in [1.165, 1.54) is 0 Å². The van der Waals surface area contributed by atoms with Crippen molar-refractivity contribution in [1.29, 1.82) is 0 Å². The van der Waals surface area contributed by atoms with E-state index in [1.807, 2.05) is 0 Å². The standard InChI is InChI=1S/Co.Mn.Ni.H2S.Zn/h;;;1H2;. The first-order valence-corrected chi connectivity index (χ1v) is 0. The summed E-state index contributed by atoms with van der Waals surface area (Å²) in [6.07, 6.45) is 0. The molecule has 0 saturated heterocycles. The summed E-state index contributed by atoms with van der Waals surface area (Å²) in [5.41, 5.74) is 0. The molecule has 36 valence electrons. The SMILES string of the molecule is S.[Co].[Mn].[Ni].[Zn]. The van der Waals surface area contributed by atoms with Crippen molar-refractivity contribution in [2.24, 2.45) is 0 Å². The Morgan fingerprint density at radius 2 is 1.00 bits per heavy atom. The molecule has 0 saturated carbocycles. The minimum Gasteiger partial charge on any atom is -0.197 e. The van der Waals surface area contributed by atoms with E-state index in [0.717, 1.165) is 0 Å². The molecule has 0 aliphatic carbocycles. The van der Waals surface area contributed by atoms with Gasteiger partial charge in [0.1, 0.15) is 0 Å². The second-order valence-corrected chi connectivity index (χ2v) is 0. The van der Waals surface area contributed by atoms with Crippen LogP contribution in [0.15, 0.2) is 0 Å². The maximum Gasteiger partial charge on any atom is 0 e. The smallest absolute Gasteiger partial charge is 0 e. The van der Waals surface area contributed by atoms with Gasteiger partial charge >= 0.3 is 0 Å². The van der Waals surface area contributed by atoms with Gasteiger partial charge in [-0.25, -0.2) is 0 Å². The van der Waals surface area contributed by atoms with Gasteiger partial charge in [0.25, 0.3) is 0 Å². The monoisotopic (exact) mass is 270 g/mol. The zero-order chi connectivity index (χ0) is 0. The summed E-state index contributed by atoms with van der Waals surface area (Å²) in [6, 6.07) is 0. The van der Waals surface area contributed by atoms with Crippen LogP contribution in [-0.2, 0) is 69.8 Å². The fourth-order valence-electron chi connectivity index (χ4n) is 0. The van der Waals surface area contributed by atoms with E-state index in [-0.39, 0.29) is 83.3 Å². The van der Waals surface area contributed by atoms with Crippen molar-refractivity contribution in [3.63, 3.8) is 0 Å². The van der Waals surface area contributed by atoms with Crippen molar-refractivity contribution in [3.05, 3.63) is 0 Å². The molecule has 5 heteroatoms. The molecule has 0 bridgehead atoms. The molecule has 0 aliphatic rings. The molecule has 0 atom stereocenters. The molecule has 0 aromatic carbocycles. The maximum absolute atomic E-state index is 0. The molecular weight excluding hydrogens is 270 g/mol. The number of hydrogen-bond donors (Lipinski definition) is 0. The van der Waals surface area contributed by atoms with Crippen LogP contribution in [0.4, 0.5) is 0 Å².